The molecule has 0 bridgehead atoms. The molecule has 1 N–H and O–H groups in total. The summed E-state index contributed by atoms with van der Waals surface area (Å²) in [5, 5.41) is 3.43. The Bertz CT molecular complexity index is 957. The van der Waals surface area contributed by atoms with E-state index in [0.29, 0.717) is 47.3 Å². The first-order chi connectivity index (χ1) is 14.5. The van der Waals surface area contributed by atoms with Crippen molar-refractivity contribution >= 4 is 34.8 Å². The molecule has 1 saturated heterocycles. The molecule has 0 radical (unpaired) electrons. The molecule has 4 rings (SSSR count). The minimum Gasteiger partial charge on any atom is -0.454 e. The van der Waals surface area contributed by atoms with Gasteiger partial charge in [0.1, 0.15) is 0 Å². The number of piperazine rings is 1. The lowest BCUT2D eigenvalue weighted by Gasteiger charge is -2.36. The second kappa shape index (κ2) is 8.83. The standard InChI is InChI=1S/C22H24ClN3O4/c1-2-3-21(27)26-10-8-25(9-11-26)18-6-5-16(13-17(18)23)24-22(28)15-4-7-19-20(12-15)30-14-29-19/h4-7,12-13H,2-3,8-11,14H2,1H3,(H,24,28). The lowest BCUT2D eigenvalue weighted by molar-refractivity contribution is -0.131. The molecule has 8 heteroatoms. The van der Waals surface area contributed by atoms with Crippen LogP contribution in [0.4, 0.5) is 11.4 Å². The Labute approximate surface area is 180 Å². The first-order valence-electron chi connectivity index (χ1n) is 10.1. The zero-order chi connectivity index (χ0) is 21.1. The molecular formula is C22H24ClN3O4. The van der Waals surface area contributed by atoms with Crippen LogP contribution in [0.15, 0.2) is 36.4 Å². The van der Waals surface area contributed by atoms with E-state index in [0.717, 1.165) is 25.2 Å². The Kier molecular flexibility index (Phi) is 5.99. The number of anilines is 2. The Morgan fingerprint density at radius 1 is 1.03 bits per heavy atom. The van der Waals surface area contributed by atoms with Crippen molar-refractivity contribution in [3.05, 3.63) is 47.0 Å². The molecule has 0 spiro atoms. The molecule has 30 heavy (non-hydrogen) atoms. The highest BCUT2D eigenvalue weighted by atomic mass is 35.5. The number of halogens is 1. The van der Waals surface area contributed by atoms with Crippen LogP contribution >= 0.6 is 11.6 Å². The molecule has 2 aromatic carbocycles. The highest BCUT2D eigenvalue weighted by molar-refractivity contribution is 6.33. The SMILES string of the molecule is CCCC(=O)N1CCN(c2ccc(NC(=O)c3ccc4c(c3)OCO4)cc2Cl)CC1. The van der Waals surface area contributed by atoms with E-state index in [1.807, 2.05) is 24.0 Å². The number of carbonyl (C=O) groups is 2. The van der Waals surface area contributed by atoms with Crippen molar-refractivity contribution in [2.75, 3.05) is 43.2 Å². The van der Waals surface area contributed by atoms with E-state index in [2.05, 4.69) is 10.2 Å². The summed E-state index contributed by atoms with van der Waals surface area (Å²) < 4.78 is 10.6. The number of amides is 2. The molecule has 0 saturated carbocycles. The molecule has 158 valence electrons. The van der Waals surface area contributed by atoms with Gasteiger partial charge in [0.15, 0.2) is 11.5 Å². The summed E-state index contributed by atoms with van der Waals surface area (Å²) in [7, 11) is 0. The lowest BCUT2D eigenvalue weighted by Crippen LogP contribution is -2.48. The monoisotopic (exact) mass is 429 g/mol. The Balaban J connectivity index is 1.39. The van der Waals surface area contributed by atoms with Crippen molar-refractivity contribution in [1.29, 1.82) is 0 Å². The minimum absolute atomic E-state index is 0.165. The van der Waals surface area contributed by atoms with Crippen LogP contribution in [-0.2, 0) is 4.79 Å². The van der Waals surface area contributed by atoms with Gasteiger partial charge in [0, 0.05) is 43.9 Å². The molecule has 0 aliphatic carbocycles. The predicted molar refractivity (Wildman–Crippen MR) is 116 cm³/mol. The van der Waals surface area contributed by atoms with Crippen molar-refractivity contribution < 1.29 is 19.1 Å². The van der Waals surface area contributed by atoms with Gasteiger partial charge in [-0.05, 0) is 42.8 Å². The summed E-state index contributed by atoms with van der Waals surface area (Å²) in [6.45, 7) is 5.03. The lowest BCUT2D eigenvalue weighted by atomic mass is 10.1. The van der Waals surface area contributed by atoms with E-state index < -0.39 is 0 Å². The maximum absolute atomic E-state index is 12.6. The van der Waals surface area contributed by atoms with Crippen molar-refractivity contribution in [3.63, 3.8) is 0 Å². The van der Waals surface area contributed by atoms with E-state index in [1.54, 1.807) is 24.3 Å². The summed E-state index contributed by atoms with van der Waals surface area (Å²) >= 11 is 6.51. The second-order valence-corrected chi connectivity index (χ2v) is 7.71. The predicted octanol–water partition coefficient (Wildman–Crippen LogP) is 3.77. The highest BCUT2D eigenvalue weighted by Gasteiger charge is 2.22. The average Bonchev–Trinajstić information content (AvgIpc) is 3.22. The van der Waals surface area contributed by atoms with E-state index >= 15 is 0 Å². The third-order valence-electron chi connectivity index (χ3n) is 5.28. The van der Waals surface area contributed by atoms with E-state index in [4.69, 9.17) is 21.1 Å². The number of rotatable bonds is 5. The van der Waals surface area contributed by atoms with Crippen molar-refractivity contribution in [3.8, 4) is 11.5 Å². The Morgan fingerprint density at radius 3 is 2.53 bits per heavy atom. The summed E-state index contributed by atoms with van der Waals surface area (Å²) in [6, 6.07) is 10.6. The van der Waals surface area contributed by atoms with Gasteiger partial charge in [0.2, 0.25) is 12.7 Å². The van der Waals surface area contributed by atoms with Crippen LogP contribution < -0.4 is 19.7 Å². The van der Waals surface area contributed by atoms with E-state index in [9.17, 15) is 9.59 Å². The summed E-state index contributed by atoms with van der Waals surface area (Å²) in [5.41, 5.74) is 2.00. The Morgan fingerprint density at radius 2 is 1.80 bits per heavy atom. The number of benzene rings is 2. The molecular weight excluding hydrogens is 406 g/mol. The fourth-order valence-corrected chi connectivity index (χ4v) is 3.95. The van der Waals surface area contributed by atoms with Gasteiger partial charge in [-0.2, -0.15) is 0 Å². The van der Waals surface area contributed by atoms with Gasteiger partial charge in [-0.1, -0.05) is 18.5 Å². The van der Waals surface area contributed by atoms with Crippen LogP contribution in [0.1, 0.15) is 30.1 Å². The van der Waals surface area contributed by atoms with Gasteiger partial charge in [-0.3, -0.25) is 9.59 Å². The summed E-state index contributed by atoms with van der Waals surface area (Å²) in [5.74, 6) is 1.16. The number of hydrogen-bond acceptors (Lipinski definition) is 5. The third-order valence-corrected chi connectivity index (χ3v) is 5.58. The molecule has 2 heterocycles. The molecule has 1 fully saturated rings. The quantitative estimate of drug-likeness (QED) is 0.783. The fraction of sp³-hybridized carbons (Fsp3) is 0.364. The molecule has 0 atom stereocenters. The molecule has 0 aromatic heterocycles. The summed E-state index contributed by atoms with van der Waals surface area (Å²) in [4.78, 5) is 28.7. The Hall–Kier alpha value is -2.93. The van der Waals surface area contributed by atoms with Gasteiger partial charge in [-0.15, -0.1) is 0 Å². The van der Waals surface area contributed by atoms with Crippen LogP contribution in [0.25, 0.3) is 0 Å². The second-order valence-electron chi connectivity index (χ2n) is 7.31. The zero-order valence-corrected chi connectivity index (χ0v) is 17.6. The van der Waals surface area contributed by atoms with Crippen LogP contribution in [0.3, 0.4) is 0 Å². The van der Waals surface area contributed by atoms with E-state index in [-0.39, 0.29) is 18.6 Å². The average molecular weight is 430 g/mol. The molecule has 7 nitrogen and oxygen atoms in total. The number of fused-ring (bicyclic) bond motifs is 1. The topological polar surface area (TPSA) is 71.1 Å². The van der Waals surface area contributed by atoms with Crippen LogP contribution in [0.5, 0.6) is 11.5 Å². The third kappa shape index (κ3) is 4.31. The van der Waals surface area contributed by atoms with Crippen LogP contribution in [0.2, 0.25) is 5.02 Å². The fourth-order valence-electron chi connectivity index (χ4n) is 3.65. The van der Waals surface area contributed by atoms with Crippen LogP contribution in [0, 0.1) is 0 Å². The molecule has 0 unspecified atom stereocenters. The van der Waals surface area contributed by atoms with Crippen molar-refractivity contribution in [2.24, 2.45) is 0 Å². The normalized spacial score (nSPS) is 15.3. The number of ether oxygens (including phenoxy) is 2. The first-order valence-corrected chi connectivity index (χ1v) is 10.5. The van der Waals surface area contributed by atoms with Crippen molar-refractivity contribution in [2.45, 2.75) is 19.8 Å². The number of nitrogens with zero attached hydrogens (tertiary/aromatic N) is 2. The van der Waals surface area contributed by atoms with Gasteiger partial charge in [0.25, 0.3) is 5.91 Å². The van der Waals surface area contributed by atoms with Gasteiger partial charge < -0.3 is 24.6 Å². The maximum Gasteiger partial charge on any atom is 0.255 e. The molecule has 2 aromatic rings. The minimum atomic E-state index is -0.250. The largest absolute Gasteiger partial charge is 0.454 e. The summed E-state index contributed by atoms with van der Waals surface area (Å²) in [6.07, 6.45) is 1.46. The van der Waals surface area contributed by atoms with Crippen LogP contribution in [-0.4, -0.2) is 49.7 Å². The first kappa shape index (κ1) is 20.3. The van der Waals surface area contributed by atoms with E-state index in [1.165, 1.54) is 0 Å². The molecule has 2 amide bonds. The van der Waals surface area contributed by atoms with Gasteiger partial charge >= 0.3 is 0 Å². The van der Waals surface area contributed by atoms with Gasteiger partial charge in [-0.25, -0.2) is 0 Å². The molecule has 2 aliphatic heterocycles. The van der Waals surface area contributed by atoms with Crippen molar-refractivity contribution in [1.82, 2.24) is 4.90 Å². The number of hydrogen-bond donors (Lipinski definition) is 1. The zero-order valence-electron chi connectivity index (χ0n) is 16.8. The maximum atomic E-state index is 12.6. The number of nitrogens with one attached hydrogen (secondary N) is 1. The smallest absolute Gasteiger partial charge is 0.255 e. The molecule has 2 aliphatic rings. The van der Waals surface area contributed by atoms with Gasteiger partial charge in [0.05, 0.1) is 10.7 Å². The number of carbonyl (C=O) groups excluding carboxylic acids is 2. The highest BCUT2D eigenvalue weighted by Crippen LogP contribution is 2.33.